The summed E-state index contributed by atoms with van der Waals surface area (Å²) in [4.78, 5) is 2.00. The lowest BCUT2D eigenvalue weighted by atomic mass is 10.3. The highest BCUT2D eigenvalue weighted by Gasteiger charge is 2.21. The first-order chi connectivity index (χ1) is 5.18. The normalized spacial score (nSPS) is 20.7. The molecule has 1 aliphatic rings. The Kier molecular flexibility index (Phi) is 3.30. The second-order valence-corrected chi connectivity index (χ2v) is 3.60. The number of rotatable bonds is 5. The summed E-state index contributed by atoms with van der Waals surface area (Å²) in [5.41, 5.74) is 0. The number of likely N-dealkylation sites (N-methyl/N-ethyl adjacent to an activating group) is 1. The van der Waals surface area contributed by atoms with Gasteiger partial charge in [0.05, 0.1) is 6.10 Å². The second kappa shape index (κ2) is 4.04. The largest absolute Gasteiger partial charge is 0.390 e. The Labute approximate surface area is 68.4 Å². The topological polar surface area (TPSA) is 35.5 Å². The molecular weight excluding hydrogens is 140 g/mol. The number of hydrogen-bond acceptors (Lipinski definition) is 3. The molecule has 1 rings (SSSR count). The van der Waals surface area contributed by atoms with E-state index in [1.54, 1.807) is 0 Å². The maximum Gasteiger partial charge on any atom is 0.0791 e. The van der Waals surface area contributed by atoms with Gasteiger partial charge in [0, 0.05) is 19.1 Å². The monoisotopic (exact) mass is 158 g/mol. The molecule has 0 radical (unpaired) electrons. The third-order valence-electron chi connectivity index (χ3n) is 1.80. The highest BCUT2D eigenvalue weighted by molar-refractivity contribution is 4.81. The van der Waals surface area contributed by atoms with Gasteiger partial charge in [-0.05, 0) is 26.9 Å². The zero-order chi connectivity index (χ0) is 8.27. The second-order valence-electron chi connectivity index (χ2n) is 3.60. The lowest BCUT2D eigenvalue weighted by Gasteiger charge is -2.15. The number of hydrogen-bond donors (Lipinski definition) is 2. The maximum absolute atomic E-state index is 9.39. The Morgan fingerprint density at radius 2 is 2.18 bits per heavy atom. The van der Waals surface area contributed by atoms with Crippen LogP contribution >= 0.6 is 0 Å². The van der Waals surface area contributed by atoms with Gasteiger partial charge < -0.3 is 15.3 Å². The molecule has 11 heavy (non-hydrogen) atoms. The van der Waals surface area contributed by atoms with Gasteiger partial charge in [0.1, 0.15) is 0 Å². The van der Waals surface area contributed by atoms with Crippen LogP contribution in [0.15, 0.2) is 0 Å². The van der Waals surface area contributed by atoms with Crippen molar-refractivity contribution in [2.24, 2.45) is 0 Å². The molecule has 0 aromatic heterocycles. The molecule has 0 amide bonds. The van der Waals surface area contributed by atoms with Crippen molar-refractivity contribution < 1.29 is 5.11 Å². The smallest absolute Gasteiger partial charge is 0.0791 e. The summed E-state index contributed by atoms with van der Waals surface area (Å²) >= 11 is 0. The minimum atomic E-state index is -0.217. The molecule has 0 bridgehead atoms. The van der Waals surface area contributed by atoms with Crippen LogP contribution in [0.1, 0.15) is 12.8 Å². The van der Waals surface area contributed by atoms with Crippen LogP contribution in [-0.4, -0.2) is 49.3 Å². The summed E-state index contributed by atoms with van der Waals surface area (Å²) in [6.45, 7) is 1.49. The maximum atomic E-state index is 9.39. The van der Waals surface area contributed by atoms with E-state index in [0.29, 0.717) is 6.04 Å². The summed E-state index contributed by atoms with van der Waals surface area (Å²) in [7, 11) is 3.95. The van der Waals surface area contributed by atoms with Gasteiger partial charge in [0.15, 0.2) is 0 Å². The van der Waals surface area contributed by atoms with E-state index in [1.165, 1.54) is 12.8 Å². The Bertz CT molecular complexity index is 113. The Morgan fingerprint density at radius 1 is 1.55 bits per heavy atom. The predicted octanol–water partition coefficient (Wildman–Crippen LogP) is -0.339. The number of aliphatic hydroxyl groups excluding tert-OH is 1. The van der Waals surface area contributed by atoms with Gasteiger partial charge in [0.2, 0.25) is 0 Å². The van der Waals surface area contributed by atoms with Crippen molar-refractivity contribution in [3.8, 4) is 0 Å². The molecule has 2 N–H and O–H groups in total. The molecule has 1 saturated carbocycles. The van der Waals surface area contributed by atoms with Crippen LogP contribution in [-0.2, 0) is 0 Å². The quantitative estimate of drug-likeness (QED) is 0.574. The fourth-order valence-electron chi connectivity index (χ4n) is 1.08. The van der Waals surface area contributed by atoms with Crippen molar-refractivity contribution in [2.45, 2.75) is 25.0 Å². The van der Waals surface area contributed by atoms with Crippen LogP contribution in [0.3, 0.4) is 0 Å². The van der Waals surface area contributed by atoms with Gasteiger partial charge in [0.25, 0.3) is 0 Å². The Hall–Kier alpha value is -0.120. The molecule has 0 aliphatic heterocycles. The van der Waals surface area contributed by atoms with Gasteiger partial charge in [-0.1, -0.05) is 0 Å². The Morgan fingerprint density at radius 3 is 2.64 bits per heavy atom. The van der Waals surface area contributed by atoms with Gasteiger partial charge in [-0.25, -0.2) is 0 Å². The summed E-state index contributed by atoms with van der Waals surface area (Å²) in [6.07, 6.45) is 2.36. The van der Waals surface area contributed by atoms with Crippen molar-refractivity contribution in [1.29, 1.82) is 0 Å². The standard InChI is InChI=1S/C8H18N2O/c1-10(2)6-8(11)5-9-7-3-4-7/h7-9,11H,3-6H2,1-2H3/t8-/m1/s1. The van der Waals surface area contributed by atoms with Gasteiger partial charge >= 0.3 is 0 Å². The lowest BCUT2D eigenvalue weighted by Crippen LogP contribution is -2.35. The molecule has 66 valence electrons. The van der Waals surface area contributed by atoms with Crippen molar-refractivity contribution in [2.75, 3.05) is 27.2 Å². The van der Waals surface area contributed by atoms with Crippen LogP contribution in [0.4, 0.5) is 0 Å². The van der Waals surface area contributed by atoms with Crippen LogP contribution in [0.25, 0.3) is 0 Å². The first-order valence-electron chi connectivity index (χ1n) is 4.24. The molecule has 0 unspecified atom stereocenters. The highest BCUT2D eigenvalue weighted by Crippen LogP contribution is 2.18. The average molecular weight is 158 g/mol. The fraction of sp³-hybridized carbons (Fsp3) is 1.00. The van der Waals surface area contributed by atoms with Crippen molar-refractivity contribution in [3.05, 3.63) is 0 Å². The SMILES string of the molecule is CN(C)C[C@H](O)CNC1CC1. The van der Waals surface area contributed by atoms with E-state index in [0.717, 1.165) is 13.1 Å². The minimum Gasteiger partial charge on any atom is -0.390 e. The van der Waals surface area contributed by atoms with Gasteiger partial charge in [-0.15, -0.1) is 0 Å². The average Bonchev–Trinajstić information content (AvgIpc) is 2.63. The number of nitrogens with one attached hydrogen (secondary N) is 1. The summed E-state index contributed by atoms with van der Waals surface area (Å²) in [5.74, 6) is 0. The minimum absolute atomic E-state index is 0.217. The predicted molar refractivity (Wildman–Crippen MR) is 45.6 cm³/mol. The molecular formula is C8H18N2O. The molecule has 1 atom stereocenters. The molecule has 0 aromatic rings. The molecule has 3 heteroatoms. The van der Waals surface area contributed by atoms with Crippen LogP contribution in [0, 0.1) is 0 Å². The summed E-state index contributed by atoms with van der Waals surface area (Å²) < 4.78 is 0. The van der Waals surface area contributed by atoms with Crippen molar-refractivity contribution in [1.82, 2.24) is 10.2 Å². The van der Waals surface area contributed by atoms with E-state index in [2.05, 4.69) is 5.32 Å². The zero-order valence-electron chi connectivity index (χ0n) is 7.38. The molecule has 0 saturated heterocycles. The molecule has 0 spiro atoms. The van der Waals surface area contributed by atoms with E-state index < -0.39 is 0 Å². The zero-order valence-corrected chi connectivity index (χ0v) is 7.38. The van der Waals surface area contributed by atoms with E-state index in [1.807, 2.05) is 19.0 Å². The van der Waals surface area contributed by atoms with Crippen LogP contribution in [0.2, 0.25) is 0 Å². The summed E-state index contributed by atoms with van der Waals surface area (Å²) in [6, 6.07) is 0.701. The molecule has 0 aromatic carbocycles. The van der Waals surface area contributed by atoms with Crippen LogP contribution < -0.4 is 5.32 Å². The van der Waals surface area contributed by atoms with E-state index >= 15 is 0 Å². The third-order valence-corrected chi connectivity index (χ3v) is 1.80. The lowest BCUT2D eigenvalue weighted by molar-refractivity contribution is 0.134. The van der Waals surface area contributed by atoms with Gasteiger partial charge in [-0.2, -0.15) is 0 Å². The van der Waals surface area contributed by atoms with Crippen LogP contribution in [0.5, 0.6) is 0 Å². The highest BCUT2D eigenvalue weighted by atomic mass is 16.3. The first-order valence-corrected chi connectivity index (χ1v) is 4.24. The first kappa shape index (κ1) is 8.97. The van der Waals surface area contributed by atoms with E-state index in [-0.39, 0.29) is 6.10 Å². The molecule has 1 fully saturated rings. The molecule has 1 aliphatic carbocycles. The van der Waals surface area contributed by atoms with Crippen molar-refractivity contribution >= 4 is 0 Å². The Balaban J connectivity index is 1.95. The third kappa shape index (κ3) is 4.35. The fourth-order valence-corrected chi connectivity index (χ4v) is 1.08. The molecule has 3 nitrogen and oxygen atoms in total. The molecule has 0 heterocycles. The van der Waals surface area contributed by atoms with E-state index in [9.17, 15) is 5.11 Å². The number of aliphatic hydroxyl groups is 1. The van der Waals surface area contributed by atoms with Crippen molar-refractivity contribution in [3.63, 3.8) is 0 Å². The van der Waals surface area contributed by atoms with Gasteiger partial charge in [-0.3, -0.25) is 0 Å². The summed E-state index contributed by atoms with van der Waals surface area (Å²) in [5, 5.41) is 12.7. The number of nitrogens with zero attached hydrogens (tertiary/aromatic N) is 1. The van der Waals surface area contributed by atoms with E-state index in [4.69, 9.17) is 0 Å².